The van der Waals surface area contributed by atoms with Gasteiger partial charge in [0, 0.05) is 15.5 Å². The van der Waals surface area contributed by atoms with Crippen molar-refractivity contribution in [3.63, 3.8) is 0 Å². The summed E-state index contributed by atoms with van der Waals surface area (Å²) < 4.78 is 0.893. The van der Waals surface area contributed by atoms with E-state index in [4.69, 9.17) is 18.0 Å². The monoisotopic (exact) mass is 354 g/mol. The van der Waals surface area contributed by atoms with Gasteiger partial charge in [-0.1, -0.05) is 47.9 Å². The number of benzene rings is 1. The summed E-state index contributed by atoms with van der Waals surface area (Å²) in [6, 6.07) is 5.56. The predicted octanol–water partition coefficient (Wildman–Crippen LogP) is 3.99. The van der Waals surface area contributed by atoms with E-state index in [1.54, 1.807) is 0 Å². The highest BCUT2D eigenvalue weighted by molar-refractivity contribution is 9.10. The molecule has 3 N–H and O–H groups in total. The van der Waals surface area contributed by atoms with Crippen molar-refractivity contribution in [1.29, 1.82) is 0 Å². The third-order valence-corrected chi connectivity index (χ3v) is 4.93. The van der Waals surface area contributed by atoms with Gasteiger partial charge in [-0.3, -0.25) is 4.79 Å². The normalized spacial score (nSPS) is 16.9. The molecule has 1 aromatic carbocycles. The van der Waals surface area contributed by atoms with Gasteiger partial charge in [0.05, 0.1) is 5.69 Å². The van der Waals surface area contributed by atoms with Crippen LogP contribution in [0.4, 0.5) is 5.69 Å². The minimum absolute atomic E-state index is 0.0947. The summed E-state index contributed by atoms with van der Waals surface area (Å²) in [6.45, 7) is 2.08. The lowest BCUT2D eigenvalue weighted by atomic mass is 9.82. The molecule has 1 saturated carbocycles. The van der Waals surface area contributed by atoms with E-state index >= 15 is 0 Å². The molecule has 0 bridgehead atoms. The molecule has 0 radical (unpaired) electrons. The predicted molar refractivity (Wildman–Crippen MR) is 89.9 cm³/mol. The van der Waals surface area contributed by atoms with Gasteiger partial charge in [-0.2, -0.15) is 0 Å². The number of amides is 1. The number of carbonyl (C=O) groups is 1. The number of anilines is 1. The van der Waals surface area contributed by atoms with Crippen molar-refractivity contribution in [1.82, 2.24) is 0 Å². The zero-order chi connectivity index (χ0) is 14.8. The zero-order valence-corrected chi connectivity index (χ0v) is 13.9. The molecule has 3 nitrogen and oxygen atoms in total. The lowest BCUT2D eigenvalue weighted by Crippen LogP contribution is -2.33. The molecule has 0 aromatic heterocycles. The molecule has 1 aromatic rings. The highest BCUT2D eigenvalue weighted by Gasteiger charge is 2.39. The molecule has 0 unspecified atom stereocenters. The number of hydrogen-bond donors (Lipinski definition) is 2. The number of hydrogen-bond acceptors (Lipinski definition) is 2. The van der Waals surface area contributed by atoms with Gasteiger partial charge in [0.25, 0.3) is 0 Å². The Morgan fingerprint density at radius 2 is 2.10 bits per heavy atom. The quantitative estimate of drug-likeness (QED) is 0.803. The first-order valence-corrected chi connectivity index (χ1v) is 8.09. The number of nitrogens with two attached hydrogens (primary N) is 1. The van der Waals surface area contributed by atoms with Gasteiger partial charge < -0.3 is 11.1 Å². The van der Waals surface area contributed by atoms with Crippen molar-refractivity contribution in [2.45, 2.75) is 39.0 Å². The largest absolute Gasteiger partial charge is 0.389 e. The maximum absolute atomic E-state index is 12.6. The van der Waals surface area contributed by atoms with Crippen molar-refractivity contribution in [3.8, 4) is 0 Å². The number of nitrogens with one attached hydrogen (secondary N) is 1. The third-order valence-electron chi connectivity index (χ3n) is 4.21. The van der Waals surface area contributed by atoms with Crippen LogP contribution in [0.1, 0.15) is 44.6 Å². The summed E-state index contributed by atoms with van der Waals surface area (Å²) in [5, 5.41) is 3.03. The molecular weight excluding hydrogens is 336 g/mol. The molecule has 1 aliphatic rings. The number of carbonyl (C=O) groups excluding carboxylic acids is 1. The molecule has 0 spiro atoms. The second kappa shape index (κ2) is 6.22. The van der Waals surface area contributed by atoms with E-state index < -0.39 is 0 Å². The zero-order valence-electron chi connectivity index (χ0n) is 11.5. The van der Waals surface area contributed by atoms with E-state index in [0.29, 0.717) is 16.2 Å². The summed E-state index contributed by atoms with van der Waals surface area (Å²) in [7, 11) is 0. The van der Waals surface area contributed by atoms with Gasteiger partial charge >= 0.3 is 0 Å². The molecule has 5 heteroatoms. The second-order valence-corrected chi connectivity index (χ2v) is 6.70. The first-order chi connectivity index (χ1) is 9.48. The third kappa shape index (κ3) is 3.04. The Balaban J connectivity index is 2.25. The van der Waals surface area contributed by atoms with Crippen LogP contribution >= 0.6 is 28.1 Å². The molecule has 2 rings (SSSR count). The van der Waals surface area contributed by atoms with E-state index in [1.807, 2.05) is 18.2 Å². The van der Waals surface area contributed by atoms with Gasteiger partial charge in [0.2, 0.25) is 5.91 Å². The Hall–Kier alpha value is -0.940. The maximum Gasteiger partial charge on any atom is 0.230 e. The molecule has 0 aliphatic heterocycles. The van der Waals surface area contributed by atoms with E-state index in [1.165, 1.54) is 0 Å². The van der Waals surface area contributed by atoms with Crippen molar-refractivity contribution in [2.24, 2.45) is 11.1 Å². The Kier molecular flexibility index (Phi) is 4.81. The summed E-state index contributed by atoms with van der Waals surface area (Å²) in [6.07, 6.45) is 5.06. The standard InChI is InChI=1S/C15H19BrN2OS/c1-2-15(7-3-4-8-15)14(19)18-12-6-5-10(16)9-11(12)13(17)20/h5-6,9H,2-4,7-8H2,1H3,(H2,17,20)(H,18,19). The van der Waals surface area contributed by atoms with E-state index in [-0.39, 0.29) is 11.3 Å². The van der Waals surface area contributed by atoms with Gasteiger partial charge in [-0.05, 0) is 37.5 Å². The van der Waals surface area contributed by atoms with Crippen LogP contribution in [0.3, 0.4) is 0 Å². The first-order valence-electron chi connectivity index (χ1n) is 6.89. The van der Waals surface area contributed by atoms with Crippen molar-refractivity contribution in [3.05, 3.63) is 28.2 Å². The average Bonchev–Trinajstić information content (AvgIpc) is 2.90. The van der Waals surface area contributed by atoms with Crippen LogP contribution in [-0.2, 0) is 4.79 Å². The van der Waals surface area contributed by atoms with Crippen LogP contribution in [0.5, 0.6) is 0 Å². The Bertz CT molecular complexity index is 539. The number of halogens is 1. The van der Waals surface area contributed by atoms with E-state index in [2.05, 4.69) is 28.2 Å². The lowest BCUT2D eigenvalue weighted by Gasteiger charge is -2.26. The lowest BCUT2D eigenvalue weighted by molar-refractivity contribution is -0.125. The van der Waals surface area contributed by atoms with Gasteiger partial charge in [-0.25, -0.2) is 0 Å². The molecule has 1 amide bonds. The van der Waals surface area contributed by atoms with Gasteiger partial charge in [0.1, 0.15) is 4.99 Å². The van der Waals surface area contributed by atoms with Gasteiger partial charge in [-0.15, -0.1) is 0 Å². The molecule has 0 heterocycles. The second-order valence-electron chi connectivity index (χ2n) is 5.35. The molecule has 20 heavy (non-hydrogen) atoms. The highest BCUT2D eigenvalue weighted by Crippen LogP contribution is 2.42. The molecule has 108 valence electrons. The van der Waals surface area contributed by atoms with Crippen LogP contribution in [0, 0.1) is 5.41 Å². The highest BCUT2D eigenvalue weighted by atomic mass is 79.9. The van der Waals surface area contributed by atoms with E-state index in [9.17, 15) is 4.79 Å². The number of thiocarbonyl (C=S) groups is 1. The van der Waals surface area contributed by atoms with Crippen LogP contribution in [0.2, 0.25) is 0 Å². The molecule has 1 fully saturated rings. The number of rotatable bonds is 4. The molecular formula is C15H19BrN2OS. The molecule has 1 aliphatic carbocycles. The average molecular weight is 355 g/mol. The summed E-state index contributed by atoms with van der Waals surface area (Å²) in [5.74, 6) is 0.0947. The van der Waals surface area contributed by atoms with Crippen LogP contribution in [0.25, 0.3) is 0 Å². The summed E-state index contributed by atoms with van der Waals surface area (Å²) in [4.78, 5) is 12.9. The maximum atomic E-state index is 12.6. The van der Waals surface area contributed by atoms with Crippen molar-refractivity contribution < 1.29 is 4.79 Å². The summed E-state index contributed by atoms with van der Waals surface area (Å²) >= 11 is 8.45. The fourth-order valence-corrected chi connectivity index (χ4v) is 3.41. The first kappa shape index (κ1) is 15.4. The Morgan fingerprint density at radius 1 is 1.45 bits per heavy atom. The van der Waals surface area contributed by atoms with Crippen molar-refractivity contribution in [2.75, 3.05) is 5.32 Å². The fraction of sp³-hybridized carbons (Fsp3) is 0.467. The smallest absolute Gasteiger partial charge is 0.230 e. The van der Waals surface area contributed by atoms with E-state index in [0.717, 1.165) is 36.6 Å². The Labute approximate surface area is 133 Å². The topological polar surface area (TPSA) is 55.1 Å². The summed E-state index contributed by atoms with van der Waals surface area (Å²) in [5.41, 5.74) is 6.92. The SMILES string of the molecule is CCC1(C(=O)Nc2ccc(Br)cc2C(N)=S)CCCC1. The van der Waals surface area contributed by atoms with Crippen LogP contribution in [-0.4, -0.2) is 10.9 Å². The van der Waals surface area contributed by atoms with Crippen LogP contribution < -0.4 is 11.1 Å². The molecule has 0 atom stereocenters. The molecule has 0 saturated heterocycles. The van der Waals surface area contributed by atoms with Crippen molar-refractivity contribution >= 4 is 44.7 Å². The van der Waals surface area contributed by atoms with Crippen LogP contribution in [0.15, 0.2) is 22.7 Å². The van der Waals surface area contributed by atoms with Gasteiger partial charge in [0.15, 0.2) is 0 Å². The fourth-order valence-electron chi connectivity index (χ4n) is 2.88. The minimum atomic E-state index is -0.222. The Morgan fingerprint density at radius 3 is 2.65 bits per heavy atom. The minimum Gasteiger partial charge on any atom is -0.389 e.